The molecule has 60 valence electrons. The van der Waals surface area contributed by atoms with E-state index in [1.54, 1.807) is 18.3 Å². The zero-order valence-electron chi connectivity index (χ0n) is 6.44. The summed E-state index contributed by atoms with van der Waals surface area (Å²) in [5, 5.41) is 2.17. The van der Waals surface area contributed by atoms with Crippen molar-refractivity contribution in [3.63, 3.8) is 0 Å². The predicted octanol–water partition coefficient (Wildman–Crippen LogP) is 2.02. The highest BCUT2D eigenvalue weighted by molar-refractivity contribution is 7.78. The molecule has 0 aliphatic heterocycles. The van der Waals surface area contributed by atoms with Gasteiger partial charge in [-0.3, -0.25) is 4.79 Å². The van der Waals surface area contributed by atoms with Crippen LogP contribution in [0.25, 0.3) is 0 Å². The van der Waals surface area contributed by atoms with E-state index in [0.717, 1.165) is 0 Å². The summed E-state index contributed by atoms with van der Waals surface area (Å²) < 4.78 is 0. The Bertz CT molecular complexity index is 335. The number of isothiocyanates is 1. The molecule has 0 N–H and O–H groups in total. The summed E-state index contributed by atoms with van der Waals surface area (Å²) in [4.78, 5) is 18.5. The summed E-state index contributed by atoms with van der Waals surface area (Å²) in [6.07, 6.45) is 1.55. The molecule has 0 saturated carbocycles. The Morgan fingerprint density at radius 2 is 2.50 bits per heavy atom. The lowest BCUT2D eigenvalue weighted by atomic mass is 10.2. The zero-order valence-corrected chi connectivity index (χ0v) is 7.26. The van der Waals surface area contributed by atoms with E-state index in [0.29, 0.717) is 11.4 Å². The summed E-state index contributed by atoms with van der Waals surface area (Å²) in [7, 11) is 0. The summed E-state index contributed by atoms with van der Waals surface area (Å²) >= 11 is 4.41. The third-order valence-electron chi connectivity index (χ3n) is 1.32. The smallest absolute Gasteiger partial charge is 0.173 e. The van der Waals surface area contributed by atoms with Crippen molar-refractivity contribution in [2.75, 3.05) is 0 Å². The topological polar surface area (TPSA) is 42.3 Å². The van der Waals surface area contributed by atoms with Crippen LogP contribution in [0, 0.1) is 0 Å². The van der Waals surface area contributed by atoms with Crippen LogP contribution in [0.3, 0.4) is 0 Å². The molecule has 12 heavy (non-hydrogen) atoms. The molecule has 0 atom stereocenters. The third kappa shape index (κ3) is 1.81. The fraction of sp³-hybridized carbons (Fsp3) is 0.125. The van der Waals surface area contributed by atoms with Crippen LogP contribution in [0.1, 0.15) is 17.3 Å². The molecule has 1 aromatic heterocycles. The van der Waals surface area contributed by atoms with Crippen LogP contribution in [0.15, 0.2) is 23.3 Å². The summed E-state index contributed by atoms with van der Waals surface area (Å²) in [5.41, 5.74) is 0.467. The molecule has 0 aliphatic carbocycles. The number of thiocarbonyl (C=S) groups is 1. The van der Waals surface area contributed by atoms with Gasteiger partial charge in [0.1, 0.15) is 0 Å². The van der Waals surface area contributed by atoms with Gasteiger partial charge in [0.25, 0.3) is 0 Å². The molecule has 0 aromatic carbocycles. The number of ketones is 1. The average molecular weight is 178 g/mol. The van der Waals surface area contributed by atoms with Crippen LogP contribution >= 0.6 is 12.2 Å². The number of aromatic nitrogens is 1. The highest BCUT2D eigenvalue weighted by atomic mass is 32.1. The van der Waals surface area contributed by atoms with E-state index in [-0.39, 0.29) is 5.78 Å². The summed E-state index contributed by atoms with van der Waals surface area (Å²) in [6.45, 7) is 1.46. The van der Waals surface area contributed by atoms with E-state index in [4.69, 9.17) is 0 Å². The van der Waals surface area contributed by atoms with Crippen LogP contribution in [-0.2, 0) is 0 Å². The first-order chi connectivity index (χ1) is 5.75. The van der Waals surface area contributed by atoms with Gasteiger partial charge in [-0.25, -0.2) is 4.98 Å². The van der Waals surface area contributed by atoms with E-state index in [1.165, 1.54) is 6.92 Å². The van der Waals surface area contributed by atoms with Crippen molar-refractivity contribution in [3.05, 3.63) is 23.9 Å². The Kier molecular flexibility index (Phi) is 2.80. The maximum Gasteiger partial charge on any atom is 0.173 e. The summed E-state index contributed by atoms with van der Waals surface area (Å²) in [6, 6.07) is 3.33. The highest BCUT2D eigenvalue weighted by Gasteiger charge is 2.04. The van der Waals surface area contributed by atoms with Crippen molar-refractivity contribution in [2.45, 2.75) is 6.92 Å². The Hall–Kier alpha value is -1.38. The first-order valence-electron chi connectivity index (χ1n) is 3.29. The maximum atomic E-state index is 11.0. The lowest BCUT2D eigenvalue weighted by molar-refractivity contribution is 0.101. The number of carbonyl (C=O) groups excluding carboxylic acids is 1. The molecule has 4 heteroatoms. The number of hydrogen-bond acceptors (Lipinski definition) is 4. The molecule has 1 heterocycles. The van der Waals surface area contributed by atoms with E-state index < -0.39 is 0 Å². The molecule has 0 unspecified atom stereocenters. The zero-order chi connectivity index (χ0) is 8.97. The molecule has 0 spiro atoms. The van der Waals surface area contributed by atoms with Crippen LogP contribution in [0.5, 0.6) is 0 Å². The van der Waals surface area contributed by atoms with Crippen molar-refractivity contribution in [1.82, 2.24) is 4.98 Å². The third-order valence-corrected chi connectivity index (χ3v) is 1.41. The van der Waals surface area contributed by atoms with Gasteiger partial charge in [-0.15, -0.1) is 0 Å². The van der Waals surface area contributed by atoms with Gasteiger partial charge in [0.2, 0.25) is 0 Å². The minimum absolute atomic E-state index is 0.0768. The van der Waals surface area contributed by atoms with Gasteiger partial charge in [-0.1, -0.05) is 0 Å². The lowest BCUT2D eigenvalue weighted by Gasteiger charge is -1.96. The molecule has 1 rings (SSSR count). The molecule has 0 aliphatic rings. The Morgan fingerprint density at radius 1 is 1.75 bits per heavy atom. The SMILES string of the molecule is CC(=O)c1cccnc1N=C=S. The van der Waals surface area contributed by atoms with E-state index >= 15 is 0 Å². The Labute approximate surface area is 75.2 Å². The van der Waals surface area contributed by atoms with Gasteiger partial charge in [-0.2, -0.15) is 4.99 Å². The van der Waals surface area contributed by atoms with E-state index in [1.807, 2.05) is 0 Å². The second-order valence-electron chi connectivity index (χ2n) is 2.13. The van der Waals surface area contributed by atoms with Crippen molar-refractivity contribution >= 4 is 29.0 Å². The maximum absolute atomic E-state index is 11.0. The van der Waals surface area contributed by atoms with Crippen molar-refractivity contribution < 1.29 is 4.79 Å². The van der Waals surface area contributed by atoms with Crippen LogP contribution in [0.2, 0.25) is 0 Å². The van der Waals surface area contributed by atoms with Gasteiger partial charge in [-0.05, 0) is 31.3 Å². The number of rotatable bonds is 2. The van der Waals surface area contributed by atoms with Crippen molar-refractivity contribution in [2.24, 2.45) is 4.99 Å². The number of hydrogen-bond donors (Lipinski definition) is 0. The number of Topliss-reactive ketones (excluding diaryl/α,β-unsaturated/α-hetero) is 1. The van der Waals surface area contributed by atoms with Gasteiger partial charge < -0.3 is 0 Å². The normalized spacial score (nSPS) is 8.75. The Balaban J connectivity index is 3.26. The molecule has 0 amide bonds. The standard InChI is InChI=1S/C8H6N2OS/c1-6(11)7-3-2-4-9-8(7)10-5-12/h2-4H,1H3. The molecular weight excluding hydrogens is 172 g/mol. The first kappa shape index (κ1) is 8.71. The monoisotopic (exact) mass is 178 g/mol. The summed E-state index contributed by atoms with van der Waals surface area (Å²) in [5.74, 6) is 0.257. The second kappa shape index (κ2) is 3.85. The largest absolute Gasteiger partial charge is 0.294 e. The van der Waals surface area contributed by atoms with Gasteiger partial charge in [0.15, 0.2) is 11.6 Å². The molecule has 0 saturated heterocycles. The highest BCUT2D eigenvalue weighted by Crippen LogP contribution is 2.14. The second-order valence-corrected chi connectivity index (χ2v) is 2.32. The number of pyridine rings is 1. The predicted molar refractivity (Wildman–Crippen MR) is 48.9 cm³/mol. The lowest BCUT2D eigenvalue weighted by Crippen LogP contribution is -1.93. The number of carbonyl (C=O) groups is 1. The molecule has 0 bridgehead atoms. The van der Waals surface area contributed by atoms with Crippen LogP contribution in [0.4, 0.5) is 5.82 Å². The van der Waals surface area contributed by atoms with Gasteiger partial charge >= 0.3 is 0 Å². The van der Waals surface area contributed by atoms with Crippen molar-refractivity contribution in [3.8, 4) is 0 Å². The van der Waals surface area contributed by atoms with Crippen LogP contribution in [-0.4, -0.2) is 15.9 Å². The van der Waals surface area contributed by atoms with Gasteiger partial charge in [0, 0.05) is 6.20 Å². The van der Waals surface area contributed by atoms with Crippen molar-refractivity contribution in [1.29, 1.82) is 0 Å². The molecule has 1 aromatic rings. The fourth-order valence-corrected chi connectivity index (χ4v) is 0.891. The molecule has 0 fully saturated rings. The molecule has 0 radical (unpaired) electrons. The molecular formula is C8H6N2OS. The first-order valence-corrected chi connectivity index (χ1v) is 3.70. The Morgan fingerprint density at radius 3 is 3.08 bits per heavy atom. The van der Waals surface area contributed by atoms with E-state index in [2.05, 4.69) is 27.4 Å². The average Bonchev–Trinajstić information content (AvgIpc) is 2.05. The van der Waals surface area contributed by atoms with Gasteiger partial charge in [0.05, 0.1) is 10.7 Å². The number of nitrogens with zero attached hydrogens (tertiary/aromatic N) is 2. The minimum atomic E-state index is -0.0768. The number of aliphatic imine (C=N–C) groups is 1. The fourth-order valence-electron chi connectivity index (χ4n) is 0.804. The minimum Gasteiger partial charge on any atom is -0.294 e. The van der Waals surface area contributed by atoms with Crippen LogP contribution < -0.4 is 0 Å². The van der Waals surface area contributed by atoms with E-state index in [9.17, 15) is 4.79 Å². The molecule has 3 nitrogen and oxygen atoms in total. The quantitative estimate of drug-likeness (QED) is 0.395.